The van der Waals surface area contributed by atoms with Gasteiger partial charge in [-0.3, -0.25) is 40.3 Å². The Morgan fingerprint density at radius 1 is 0.603 bits per heavy atom. The van der Waals surface area contributed by atoms with Crippen LogP contribution in [-0.4, -0.2) is 114 Å². The van der Waals surface area contributed by atoms with Gasteiger partial charge in [0.25, 0.3) is 5.91 Å². The zero-order valence-electron chi connectivity index (χ0n) is 42.2. The first-order chi connectivity index (χ1) is 34.9. The van der Waals surface area contributed by atoms with Crippen molar-refractivity contribution in [3.05, 3.63) is 76.1 Å². The van der Waals surface area contributed by atoms with Gasteiger partial charge in [0.1, 0.15) is 0 Å². The van der Waals surface area contributed by atoms with E-state index in [4.69, 9.17) is 68.3 Å². The number of nitrogens with zero attached hydrogens (tertiary/aromatic N) is 4. The molecule has 0 aliphatic rings. The largest absolute Gasteiger partial charge is 0.388 e. The minimum atomic E-state index is -0.750. The summed E-state index contributed by atoms with van der Waals surface area (Å²) in [6, 6.07) is 13.8. The maximum absolute atomic E-state index is 13.1. The van der Waals surface area contributed by atoms with Crippen LogP contribution in [0.3, 0.4) is 0 Å². The molecule has 0 fully saturated rings. The van der Waals surface area contributed by atoms with Crippen molar-refractivity contribution in [1.82, 2.24) is 30.8 Å². The predicted molar refractivity (Wildman–Crippen MR) is 292 cm³/mol. The highest BCUT2D eigenvalue weighted by Crippen LogP contribution is 2.18. The van der Waals surface area contributed by atoms with Gasteiger partial charge in [-0.1, -0.05) is 73.7 Å². The van der Waals surface area contributed by atoms with Crippen molar-refractivity contribution in [3.63, 3.8) is 0 Å². The number of halogens is 1. The van der Waals surface area contributed by atoms with Crippen molar-refractivity contribution in [1.29, 1.82) is 10.8 Å². The van der Waals surface area contributed by atoms with Crippen LogP contribution in [0.2, 0.25) is 5.15 Å². The number of hydrogen-bond acceptors (Lipinski definition) is 15. The van der Waals surface area contributed by atoms with Crippen molar-refractivity contribution in [2.45, 2.75) is 134 Å². The number of nitrogen functional groups attached to an aromatic ring is 2. The molecule has 0 radical (unpaired) electrons. The topological polar surface area (TPSA) is 414 Å². The SMILES string of the molecule is N=C(N)CCCCC[C@H](N)C(=O)NCCCN(CCCNC(=O)[C@@H](N)CCCCCC(=N)N)CCCc1ccc(NC(=O)[C@@H](N)Cc2ccc(CCCCN=C(N)NC(=O)c3nc(Cl)c(N)nc3N)cc2)cc1. The first kappa shape index (κ1) is 60.8. The quantitative estimate of drug-likeness (QED) is 0.0226. The van der Waals surface area contributed by atoms with Crippen molar-refractivity contribution in [2.75, 3.05) is 56.1 Å². The van der Waals surface area contributed by atoms with Gasteiger partial charge in [-0.15, -0.1) is 0 Å². The Morgan fingerprint density at radius 3 is 1.66 bits per heavy atom. The molecule has 23 heteroatoms. The van der Waals surface area contributed by atoms with Gasteiger partial charge in [-0.05, 0) is 126 Å². The van der Waals surface area contributed by atoms with Crippen molar-refractivity contribution in [3.8, 4) is 0 Å². The number of unbranched alkanes of at least 4 members (excludes halogenated alkanes) is 5. The first-order valence-corrected chi connectivity index (χ1v) is 25.7. The molecule has 3 aromatic rings. The molecule has 4 amide bonds. The fourth-order valence-electron chi connectivity index (χ4n) is 7.75. The zero-order valence-corrected chi connectivity index (χ0v) is 43.0. The normalized spacial score (nSPS) is 12.7. The van der Waals surface area contributed by atoms with Crippen LogP contribution in [0.15, 0.2) is 53.5 Å². The third-order valence-corrected chi connectivity index (χ3v) is 12.3. The second-order valence-electron chi connectivity index (χ2n) is 18.3. The van der Waals surface area contributed by atoms with Crippen LogP contribution in [0.25, 0.3) is 0 Å². The smallest absolute Gasteiger partial charge is 0.280 e. The van der Waals surface area contributed by atoms with Crippen LogP contribution in [0.5, 0.6) is 0 Å². The van der Waals surface area contributed by atoms with E-state index >= 15 is 0 Å². The number of aromatic nitrogens is 2. The molecule has 22 nitrogen and oxygen atoms in total. The lowest BCUT2D eigenvalue weighted by Gasteiger charge is -2.23. The van der Waals surface area contributed by atoms with Crippen molar-refractivity contribution >= 4 is 70.2 Å². The second-order valence-corrected chi connectivity index (χ2v) is 18.7. The maximum atomic E-state index is 13.1. The standard InChI is InChI=1S/C50H81ClN18O4/c51-43-45(60)67-44(59)42(66-43)49(73)68-50(61)64-26-8-7-12-33-18-20-35(21-19-33)32-39(54)48(72)65-36-24-22-34(23-25-36)13-9-29-69(30-10-27-62-46(70)37(52)14-3-1-5-16-40(55)56)31-11-28-63-47(71)38(53)15-4-2-6-17-41(57)58/h18-25,37-39H,1-17,26-32,52-54H2,(H3,55,56)(H3,57,58)(H,62,70)(H,63,71)(H,65,72)(H4,59,60,67)(H3,61,64,68,73)/t37-,38-,39-/m0/s1. The van der Waals surface area contributed by atoms with E-state index in [1.54, 1.807) is 0 Å². The van der Waals surface area contributed by atoms with Crippen LogP contribution >= 0.6 is 11.6 Å². The number of carbonyl (C=O) groups is 4. The minimum absolute atomic E-state index is 0.0841. The summed E-state index contributed by atoms with van der Waals surface area (Å²) in [6.07, 6.45) is 13.1. The van der Waals surface area contributed by atoms with Gasteiger partial charge in [0.15, 0.2) is 28.4 Å². The van der Waals surface area contributed by atoms with E-state index in [2.05, 4.69) is 41.1 Å². The molecule has 2 aromatic carbocycles. The molecule has 1 aromatic heterocycles. The highest BCUT2D eigenvalue weighted by molar-refractivity contribution is 6.31. The first-order valence-electron chi connectivity index (χ1n) is 25.3. The van der Waals surface area contributed by atoms with Gasteiger partial charge in [0, 0.05) is 38.2 Å². The van der Waals surface area contributed by atoms with E-state index in [9.17, 15) is 19.2 Å². The Labute approximate surface area is 434 Å². The molecule has 0 unspecified atom stereocenters. The molecule has 0 saturated heterocycles. The van der Waals surface area contributed by atoms with E-state index in [1.807, 2.05) is 48.5 Å². The highest BCUT2D eigenvalue weighted by Gasteiger charge is 2.18. The van der Waals surface area contributed by atoms with Gasteiger partial charge in [0.05, 0.1) is 29.8 Å². The number of benzene rings is 2. The molecular formula is C50H81ClN18O4. The minimum Gasteiger partial charge on any atom is -0.388 e. The number of guanidine groups is 1. The second kappa shape index (κ2) is 34.1. The van der Waals surface area contributed by atoms with Gasteiger partial charge in [0.2, 0.25) is 17.7 Å². The summed E-state index contributed by atoms with van der Waals surface area (Å²) in [6.45, 7) is 3.69. The Bertz CT molecular complexity index is 2180. The van der Waals surface area contributed by atoms with Gasteiger partial charge < -0.3 is 66.7 Å². The van der Waals surface area contributed by atoms with Crippen molar-refractivity contribution < 1.29 is 19.2 Å². The number of amidine groups is 2. The number of aliphatic imine (C=N–C) groups is 1. The summed E-state index contributed by atoms with van der Waals surface area (Å²) in [5.41, 5.74) is 50.2. The molecule has 73 heavy (non-hydrogen) atoms. The maximum Gasteiger partial charge on any atom is 0.280 e. The highest BCUT2D eigenvalue weighted by atomic mass is 35.5. The van der Waals surface area contributed by atoms with E-state index < -0.39 is 24.0 Å². The summed E-state index contributed by atoms with van der Waals surface area (Å²) >= 11 is 5.85. The molecule has 0 bridgehead atoms. The van der Waals surface area contributed by atoms with Gasteiger partial charge in [-0.25, -0.2) is 9.97 Å². The van der Waals surface area contributed by atoms with E-state index in [1.165, 1.54) is 0 Å². The lowest BCUT2D eigenvalue weighted by molar-refractivity contribution is -0.123. The average molecular weight is 1030 g/mol. The number of nitrogens with one attached hydrogen (secondary N) is 6. The number of nitrogens with two attached hydrogens (primary N) is 8. The van der Waals surface area contributed by atoms with Crippen LogP contribution in [-0.2, 0) is 33.6 Å². The van der Waals surface area contributed by atoms with Crippen LogP contribution in [0.4, 0.5) is 17.3 Å². The molecule has 22 N–H and O–H groups in total. The molecule has 0 spiro atoms. The molecule has 402 valence electrons. The van der Waals surface area contributed by atoms with E-state index in [0.29, 0.717) is 57.4 Å². The van der Waals surface area contributed by atoms with E-state index in [-0.39, 0.29) is 57.8 Å². The summed E-state index contributed by atoms with van der Waals surface area (Å²) in [5, 5.41) is 25.8. The summed E-state index contributed by atoms with van der Waals surface area (Å²) in [7, 11) is 0. The van der Waals surface area contributed by atoms with Gasteiger partial charge in [-0.2, -0.15) is 0 Å². The third kappa shape index (κ3) is 25.7. The third-order valence-electron chi connectivity index (χ3n) is 12.0. The monoisotopic (exact) mass is 1030 g/mol. The fraction of sp³-hybridized carbons (Fsp3) is 0.540. The lowest BCUT2D eigenvalue weighted by atomic mass is 10.0. The molecule has 0 saturated carbocycles. The Balaban J connectivity index is 1.40. The molecule has 1 heterocycles. The number of carbonyl (C=O) groups excluding carboxylic acids is 4. The molecule has 3 atom stereocenters. The van der Waals surface area contributed by atoms with Crippen molar-refractivity contribution in [2.24, 2.45) is 39.4 Å². The average Bonchev–Trinajstić information content (AvgIpc) is 3.35. The Hall–Kier alpha value is -6.46. The Morgan fingerprint density at radius 2 is 1.11 bits per heavy atom. The molecule has 3 rings (SSSR count). The summed E-state index contributed by atoms with van der Waals surface area (Å²) in [4.78, 5) is 64.9. The van der Waals surface area contributed by atoms with Crippen LogP contribution in [0.1, 0.15) is 123 Å². The zero-order chi connectivity index (χ0) is 53.5. The Kier molecular flexibility index (Phi) is 28.4. The number of amides is 4. The van der Waals surface area contributed by atoms with E-state index in [0.717, 1.165) is 120 Å². The predicted octanol–water partition coefficient (Wildman–Crippen LogP) is 2.55. The van der Waals surface area contributed by atoms with Crippen LogP contribution < -0.4 is 67.1 Å². The molecule has 0 aliphatic heterocycles. The lowest BCUT2D eigenvalue weighted by Crippen LogP contribution is -2.42. The fourth-order valence-corrected chi connectivity index (χ4v) is 7.88. The number of anilines is 3. The summed E-state index contributed by atoms with van der Waals surface area (Å²) < 4.78 is 0. The number of aryl methyl sites for hydroxylation is 2. The summed E-state index contributed by atoms with van der Waals surface area (Å²) in [5.74, 6) is -1.32. The van der Waals surface area contributed by atoms with Crippen LogP contribution in [0, 0.1) is 10.8 Å². The molecule has 0 aliphatic carbocycles. The van der Waals surface area contributed by atoms with Gasteiger partial charge >= 0.3 is 0 Å². The number of rotatable bonds is 36. The number of hydrogen-bond donors (Lipinski definition) is 14. The molecular weight excluding hydrogens is 952 g/mol.